The fourth-order valence-electron chi connectivity index (χ4n) is 2.66. The Morgan fingerprint density at radius 3 is 1.28 bits per heavy atom. The normalized spacial score (nSPS) is 29.8. The van der Waals surface area contributed by atoms with Crippen LogP contribution in [0.15, 0.2) is 12.2 Å². The predicted octanol–water partition coefficient (Wildman–Crippen LogP) is 0.456. The largest absolute Gasteiger partial charge is 0.386 e. The minimum absolute atomic E-state index is 0.717. The summed E-state index contributed by atoms with van der Waals surface area (Å²) in [6.45, 7) is 3.67. The third-order valence-corrected chi connectivity index (χ3v) is 4.41. The van der Waals surface area contributed by atoms with Crippen LogP contribution in [0.2, 0.25) is 0 Å². The zero-order valence-electron chi connectivity index (χ0n) is 11.6. The van der Waals surface area contributed by atoms with Gasteiger partial charge in [0, 0.05) is 26.2 Å². The van der Waals surface area contributed by atoms with E-state index in [0.717, 1.165) is 51.9 Å². The van der Waals surface area contributed by atoms with Crippen molar-refractivity contribution >= 4 is 0 Å². The van der Waals surface area contributed by atoms with Crippen LogP contribution in [0, 0.1) is 0 Å². The van der Waals surface area contributed by atoms with Crippen LogP contribution in [0.1, 0.15) is 25.7 Å². The maximum absolute atomic E-state index is 10.5. The molecule has 2 aliphatic heterocycles. The number of nitrogens with zero attached hydrogens (tertiary/aromatic N) is 2. The lowest BCUT2D eigenvalue weighted by Gasteiger charge is -2.37. The Labute approximate surface area is 110 Å². The molecule has 0 spiro atoms. The minimum Gasteiger partial charge on any atom is -0.386 e. The van der Waals surface area contributed by atoms with Gasteiger partial charge in [0.05, 0.1) is 11.2 Å². The van der Waals surface area contributed by atoms with E-state index in [2.05, 4.69) is 23.9 Å². The zero-order valence-corrected chi connectivity index (χ0v) is 11.6. The van der Waals surface area contributed by atoms with Gasteiger partial charge in [0.2, 0.25) is 0 Å². The summed E-state index contributed by atoms with van der Waals surface area (Å²) in [5, 5.41) is 20.9. The molecule has 0 saturated carbocycles. The number of hydrogen-bond donors (Lipinski definition) is 2. The Kier molecular flexibility index (Phi) is 4.11. The highest BCUT2D eigenvalue weighted by Gasteiger charge is 2.32. The molecule has 18 heavy (non-hydrogen) atoms. The van der Waals surface area contributed by atoms with Crippen LogP contribution < -0.4 is 0 Å². The molecule has 2 fully saturated rings. The van der Waals surface area contributed by atoms with E-state index in [1.54, 1.807) is 0 Å². The van der Waals surface area contributed by atoms with E-state index >= 15 is 0 Å². The van der Waals surface area contributed by atoms with Gasteiger partial charge in [-0.25, -0.2) is 0 Å². The van der Waals surface area contributed by atoms with Gasteiger partial charge in [-0.05, 0) is 39.8 Å². The molecular formula is C14H26N2O2. The molecule has 0 aliphatic carbocycles. The molecule has 0 aromatic heterocycles. The van der Waals surface area contributed by atoms with Gasteiger partial charge in [0.25, 0.3) is 0 Å². The number of hydrogen-bond acceptors (Lipinski definition) is 4. The van der Waals surface area contributed by atoms with E-state index in [9.17, 15) is 10.2 Å². The van der Waals surface area contributed by atoms with E-state index in [0.29, 0.717) is 0 Å². The minimum atomic E-state index is -0.717. The lowest BCUT2D eigenvalue weighted by atomic mass is 9.86. The fourth-order valence-corrected chi connectivity index (χ4v) is 2.66. The van der Waals surface area contributed by atoms with E-state index < -0.39 is 11.2 Å². The second kappa shape index (κ2) is 5.29. The second-order valence-corrected chi connectivity index (χ2v) is 6.15. The Hall–Kier alpha value is -0.420. The van der Waals surface area contributed by atoms with Gasteiger partial charge in [-0.2, -0.15) is 0 Å². The van der Waals surface area contributed by atoms with Crippen LogP contribution in [-0.2, 0) is 0 Å². The Morgan fingerprint density at radius 1 is 0.722 bits per heavy atom. The van der Waals surface area contributed by atoms with Crippen molar-refractivity contribution in [2.75, 3.05) is 40.3 Å². The second-order valence-electron chi connectivity index (χ2n) is 6.15. The number of likely N-dealkylation sites (tertiary alicyclic amines) is 2. The molecule has 4 nitrogen and oxygen atoms in total. The molecular weight excluding hydrogens is 228 g/mol. The Balaban J connectivity index is 1.93. The highest BCUT2D eigenvalue weighted by molar-refractivity contribution is 5.11. The SMILES string of the molecule is CN1CCC(O)(/C=C/C2(O)CCN(C)CC2)CC1. The first-order valence-corrected chi connectivity index (χ1v) is 6.93. The van der Waals surface area contributed by atoms with Gasteiger partial charge in [0.15, 0.2) is 0 Å². The third-order valence-electron chi connectivity index (χ3n) is 4.41. The standard InChI is InChI=1S/C14H26N2O2/c1-15-9-5-13(17,6-10-15)3-4-14(18)7-11-16(2)12-8-14/h3-4,17-18H,5-12H2,1-2H3/b4-3+. The zero-order chi connectivity index (χ0) is 13.2. The molecule has 0 aromatic carbocycles. The topological polar surface area (TPSA) is 46.9 Å². The molecule has 2 N–H and O–H groups in total. The summed E-state index contributed by atoms with van der Waals surface area (Å²) in [5.41, 5.74) is -1.43. The van der Waals surface area contributed by atoms with Crippen molar-refractivity contribution in [2.45, 2.75) is 36.9 Å². The molecule has 0 atom stereocenters. The highest BCUT2D eigenvalue weighted by atomic mass is 16.3. The van der Waals surface area contributed by atoms with Crippen molar-refractivity contribution in [2.24, 2.45) is 0 Å². The van der Waals surface area contributed by atoms with Crippen LogP contribution in [0.4, 0.5) is 0 Å². The monoisotopic (exact) mass is 254 g/mol. The van der Waals surface area contributed by atoms with Crippen molar-refractivity contribution in [3.8, 4) is 0 Å². The van der Waals surface area contributed by atoms with Gasteiger partial charge >= 0.3 is 0 Å². The molecule has 2 aliphatic rings. The Morgan fingerprint density at radius 2 is 1.00 bits per heavy atom. The summed E-state index contributed by atoms with van der Waals surface area (Å²) in [6, 6.07) is 0. The summed E-state index contributed by atoms with van der Waals surface area (Å²) < 4.78 is 0. The first-order chi connectivity index (χ1) is 8.41. The maximum Gasteiger partial charge on any atom is 0.0853 e. The van der Waals surface area contributed by atoms with Crippen LogP contribution in [-0.4, -0.2) is 71.5 Å². The van der Waals surface area contributed by atoms with Crippen LogP contribution in [0.5, 0.6) is 0 Å². The summed E-state index contributed by atoms with van der Waals surface area (Å²) in [5.74, 6) is 0. The van der Waals surface area contributed by atoms with E-state index in [4.69, 9.17) is 0 Å². The predicted molar refractivity (Wildman–Crippen MR) is 72.5 cm³/mol. The molecule has 0 unspecified atom stereocenters. The average molecular weight is 254 g/mol. The summed E-state index contributed by atoms with van der Waals surface area (Å²) in [6.07, 6.45) is 6.74. The van der Waals surface area contributed by atoms with Crippen LogP contribution in [0.3, 0.4) is 0 Å². The summed E-state index contributed by atoms with van der Waals surface area (Å²) >= 11 is 0. The third kappa shape index (κ3) is 3.54. The number of aliphatic hydroxyl groups is 2. The molecule has 4 heteroatoms. The molecule has 0 bridgehead atoms. The van der Waals surface area contributed by atoms with Gasteiger partial charge in [0.1, 0.15) is 0 Å². The number of rotatable bonds is 2. The van der Waals surface area contributed by atoms with Crippen molar-refractivity contribution in [1.29, 1.82) is 0 Å². The van der Waals surface area contributed by atoms with Gasteiger partial charge < -0.3 is 20.0 Å². The lowest BCUT2D eigenvalue weighted by molar-refractivity contribution is 0.0116. The van der Waals surface area contributed by atoms with E-state index in [1.165, 1.54) is 0 Å². The smallest absolute Gasteiger partial charge is 0.0853 e. The first kappa shape index (κ1) is 14.0. The van der Waals surface area contributed by atoms with Crippen LogP contribution in [0.25, 0.3) is 0 Å². The van der Waals surface area contributed by atoms with Gasteiger partial charge in [-0.15, -0.1) is 0 Å². The van der Waals surface area contributed by atoms with E-state index in [1.807, 2.05) is 12.2 Å². The lowest BCUT2D eigenvalue weighted by Crippen LogP contribution is -2.44. The van der Waals surface area contributed by atoms with Crippen molar-refractivity contribution in [3.63, 3.8) is 0 Å². The Bertz CT molecular complexity index is 271. The molecule has 104 valence electrons. The highest BCUT2D eigenvalue weighted by Crippen LogP contribution is 2.27. The number of piperidine rings is 2. The molecule has 0 amide bonds. The van der Waals surface area contributed by atoms with Crippen LogP contribution >= 0.6 is 0 Å². The molecule has 0 aromatic rings. The summed E-state index contributed by atoms with van der Waals surface area (Å²) in [7, 11) is 4.15. The quantitative estimate of drug-likeness (QED) is 0.703. The molecule has 2 saturated heterocycles. The fraction of sp³-hybridized carbons (Fsp3) is 0.857. The van der Waals surface area contributed by atoms with Crippen molar-refractivity contribution in [1.82, 2.24) is 9.80 Å². The van der Waals surface area contributed by atoms with Gasteiger partial charge in [-0.1, -0.05) is 12.2 Å². The molecule has 2 heterocycles. The van der Waals surface area contributed by atoms with Gasteiger partial charge in [-0.3, -0.25) is 0 Å². The first-order valence-electron chi connectivity index (χ1n) is 6.93. The molecule has 0 radical (unpaired) electrons. The van der Waals surface area contributed by atoms with Crippen molar-refractivity contribution < 1.29 is 10.2 Å². The molecule has 2 rings (SSSR count). The summed E-state index contributed by atoms with van der Waals surface area (Å²) in [4.78, 5) is 4.46. The average Bonchev–Trinajstić information content (AvgIpc) is 2.36. The van der Waals surface area contributed by atoms with E-state index in [-0.39, 0.29) is 0 Å². The maximum atomic E-state index is 10.5. The van der Waals surface area contributed by atoms with Crippen molar-refractivity contribution in [3.05, 3.63) is 12.2 Å².